The Morgan fingerprint density at radius 3 is 2.57 bits per heavy atom. The molecular formula is C16H19NO4. The minimum Gasteiger partial charge on any atom is -0.475 e. The van der Waals surface area contributed by atoms with E-state index in [-0.39, 0.29) is 18.2 Å². The number of rotatable bonds is 5. The van der Waals surface area contributed by atoms with Crippen molar-refractivity contribution in [3.63, 3.8) is 0 Å². The first kappa shape index (κ1) is 15.1. The van der Waals surface area contributed by atoms with Crippen LogP contribution in [0.2, 0.25) is 0 Å². The van der Waals surface area contributed by atoms with Crippen LogP contribution in [0.4, 0.5) is 0 Å². The number of fused-ring (bicyclic) bond motifs is 1. The highest BCUT2D eigenvalue weighted by Crippen LogP contribution is 2.26. The summed E-state index contributed by atoms with van der Waals surface area (Å²) in [5, 5.41) is 12.7. The summed E-state index contributed by atoms with van der Waals surface area (Å²) in [5.74, 6) is -1.36. The van der Waals surface area contributed by atoms with Crippen LogP contribution in [0.25, 0.3) is 11.0 Å². The van der Waals surface area contributed by atoms with Gasteiger partial charge in [0.2, 0.25) is 11.7 Å². The predicted molar refractivity (Wildman–Crippen MR) is 79.1 cm³/mol. The van der Waals surface area contributed by atoms with Crippen molar-refractivity contribution in [3.05, 3.63) is 35.6 Å². The largest absolute Gasteiger partial charge is 0.475 e. The molecule has 0 spiro atoms. The van der Waals surface area contributed by atoms with Gasteiger partial charge in [-0.3, -0.25) is 4.79 Å². The molecule has 0 aliphatic rings. The molecule has 0 fully saturated rings. The van der Waals surface area contributed by atoms with Crippen LogP contribution in [0, 0.1) is 5.41 Å². The second kappa shape index (κ2) is 5.60. The molecule has 0 aliphatic carbocycles. The first-order valence-corrected chi connectivity index (χ1v) is 6.89. The summed E-state index contributed by atoms with van der Waals surface area (Å²) in [6.45, 7) is 5.79. The third kappa shape index (κ3) is 2.91. The van der Waals surface area contributed by atoms with Crippen molar-refractivity contribution in [1.29, 1.82) is 0 Å². The van der Waals surface area contributed by atoms with E-state index in [0.29, 0.717) is 23.0 Å². The molecule has 1 amide bonds. The number of para-hydroxylation sites is 1. The molecule has 1 aromatic heterocycles. The summed E-state index contributed by atoms with van der Waals surface area (Å²) >= 11 is 0. The molecule has 0 atom stereocenters. The van der Waals surface area contributed by atoms with Gasteiger partial charge in [-0.25, -0.2) is 4.79 Å². The quantitative estimate of drug-likeness (QED) is 0.886. The third-order valence-corrected chi connectivity index (χ3v) is 3.82. The molecule has 5 nitrogen and oxygen atoms in total. The zero-order valence-electron chi connectivity index (χ0n) is 12.4. The first-order valence-electron chi connectivity index (χ1n) is 6.89. The number of carbonyl (C=O) groups excluding carboxylic acids is 1. The fourth-order valence-electron chi connectivity index (χ4n) is 2.02. The number of carboxylic acid groups (broad SMARTS) is 1. The highest BCUT2D eigenvalue weighted by molar-refractivity contribution is 5.95. The van der Waals surface area contributed by atoms with Crippen LogP contribution in [0.15, 0.2) is 28.7 Å². The Hall–Kier alpha value is -2.30. The van der Waals surface area contributed by atoms with Crippen molar-refractivity contribution in [2.45, 2.75) is 33.7 Å². The van der Waals surface area contributed by atoms with Gasteiger partial charge < -0.3 is 14.8 Å². The molecule has 5 heteroatoms. The van der Waals surface area contributed by atoms with E-state index in [0.717, 1.165) is 0 Å². The maximum absolute atomic E-state index is 12.1. The number of aromatic carboxylic acids is 1. The molecule has 1 heterocycles. The Morgan fingerprint density at radius 1 is 1.29 bits per heavy atom. The van der Waals surface area contributed by atoms with Crippen LogP contribution >= 0.6 is 0 Å². The summed E-state index contributed by atoms with van der Waals surface area (Å²) < 4.78 is 5.35. The molecule has 2 aromatic rings. The molecular weight excluding hydrogens is 270 g/mol. The lowest BCUT2D eigenvalue weighted by molar-refractivity contribution is -0.129. The van der Waals surface area contributed by atoms with Crippen molar-refractivity contribution >= 4 is 22.8 Å². The van der Waals surface area contributed by atoms with Gasteiger partial charge in [0.25, 0.3) is 0 Å². The van der Waals surface area contributed by atoms with Gasteiger partial charge in [-0.2, -0.15) is 0 Å². The van der Waals surface area contributed by atoms with Crippen molar-refractivity contribution in [2.24, 2.45) is 5.41 Å². The normalized spacial score (nSPS) is 11.6. The van der Waals surface area contributed by atoms with Crippen LogP contribution in [-0.2, 0) is 11.3 Å². The SMILES string of the molecule is CCC(C)(C)C(=O)NCc1c(C(=O)O)oc2ccccc12. The summed E-state index contributed by atoms with van der Waals surface area (Å²) in [4.78, 5) is 23.4. The Labute approximate surface area is 122 Å². The molecule has 1 aromatic carbocycles. The van der Waals surface area contributed by atoms with Crippen LogP contribution in [0.1, 0.15) is 43.3 Å². The van der Waals surface area contributed by atoms with Crippen molar-refractivity contribution < 1.29 is 19.1 Å². The summed E-state index contributed by atoms with van der Waals surface area (Å²) in [7, 11) is 0. The topological polar surface area (TPSA) is 79.5 Å². The maximum Gasteiger partial charge on any atom is 0.372 e. The van der Waals surface area contributed by atoms with Gasteiger partial charge in [0.05, 0.1) is 0 Å². The maximum atomic E-state index is 12.1. The minimum absolute atomic E-state index is 0.105. The number of nitrogens with one attached hydrogen (secondary N) is 1. The lowest BCUT2D eigenvalue weighted by atomic mass is 9.89. The predicted octanol–water partition coefficient (Wildman–Crippen LogP) is 3.18. The van der Waals surface area contributed by atoms with Crippen molar-refractivity contribution in [3.8, 4) is 0 Å². The lowest BCUT2D eigenvalue weighted by Gasteiger charge is -2.21. The fourth-order valence-corrected chi connectivity index (χ4v) is 2.02. The summed E-state index contributed by atoms with van der Waals surface area (Å²) in [5.41, 5.74) is 0.524. The number of amides is 1. The second-order valence-electron chi connectivity index (χ2n) is 5.63. The molecule has 0 radical (unpaired) electrons. The van der Waals surface area contributed by atoms with Gasteiger partial charge in [0.15, 0.2) is 0 Å². The number of furan rings is 1. The third-order valence-electron chi connectivity index (χ3n) is 3.82. The van der Waals surface area contributed by atoms with Crippen LogP contribution in [0.5, 0.6) is 0 Å². The highest BCUT2D eigenvalue weighted by atomic mass is 16.4. The molecule has 2 rings (SSSR count). The van der Waals surface area contributed by atoms with E-state index in [9.17, 15) is 14.7 Å². The lowest BCUT2D eigenvalue weighted by Crippen LogP contribution is -2.36. The standard InChI is InChI=1S/C16H19NO4/c1-4-16(2,3)15(20)17-9-11-10-7-5-6-8-12(10)21-13(11)14(18)19/h5-8H,4,9H2,1-3H3,(H,17,20)(H,18,19). The van der Waals surface area contributed by atoms with Crippen molar-refractivity contribution in [1.82, 2.24) is 5.32 Å². The van der Waals surface area contributed by atoms with E-state index in [2.05, 4.69) is 5.32 Å². The van der Waals surface area contributed by atoms with Gasteiger partial charge in [0.1, 0.15) is 5.58 Å². The molecule has 112 valence electrons. The average molecular weight is 289 g/mol. The van der Waals surface area contributed by atoms with Crippen LogP contribution in [-0.4, -0.2) is 17.0 Å². The van der Waals surface area contributed by atoms with Crippen molar-refractivity contribution in [2.75, 3.05) is 0 Å². The van der Waals surface area contributed by atoms with Gasteiger partial charge in [-0.05, 0) is 12.5 Å². The van der Waals surface area contributed by atoms with Gasteiger partial charge in [-0.15, -0.1) is 0 Å². The van der Waals surface area contributed by atoms with E-state index >= 15 is 0 Å². The summed E-state index contributed by atoms with van der Waals surface area (Å²) in [6.07, 6.45) is 0.705. The molecule has 0 saturated carbocycles. The number of carboxylic acids is 1. The molecule has 0 aliphatic heterocycles. The Balaban J connectivity index is 2.31. The molecule has 2 N–H and O–H groups in total. The Kier molecular flexibility index (Phi) is 4.02. The van der Waals surface area contributed by atoms with E-state index in [1.807, 2.05) is 26.8 Å². The van der Waals surface area contributed by atoms with E-state index in [1.54, 1.807) is 18.2 Å². The Morgan fingerprint density at radius 2 is 1.95 bits per heavy atom. The van der Waals surface area contributed by atoms with E-state index in [1.165, 1.54) is 0 Å². The smallest absolute Gasteiger partial charge is 0.372 e. The van der Waals surface area contributed by atoms with E-state index in [4.69, 9.17) is 4.42 Å². The van der Waals surface area contributed by atoms with Gasteiger partial charge in [-0.1, -0.05) is 39.0 Å². The minimum atomic E-state index is -1.13. The Bertz CT molecular complexity index is 685. The van der Waals surface area contributed by atoms with Gasteiger partial charge >= 0.3 is 5.97 Å². The fraction of sp³-hybridized carbons (Fsp3) is 0.375. The molecule has 0 saturated heterocycles. The zero-order chi connectivity index (χ0) is 15.6. The molecule has 0 unspecified atom stereocenters. The first-order chi connectivity index (χ1) is 9.86. The zero-order valence-corrected chi connectivity index (χ0v) is 12.4. The monoisotopic (exact) mass is 289 g/mol. The average Bonchev–Trinajstić information content (AvgIpc) is 2.83. The number of hydrogen-bond donors (Lipinski definition) is 2. The number of hydrogen-bond acceptors (Lipinski definition) is 3. The second-order valence-corrected chi connectivity index (χ2v) is 5.63. The number of carbonyl (C=O) groups is 2. The van der Waals surface area contributed by atoms with E-state index < -0.39 is 11.4 Å². The van der Waals surface area contributed by atoms with Crippen LogP contribution < -0.4 is 5.32 Å². The highest BCUT2D eigenvalue weighted by Gasteiger charge is 2.26. The van der Waals surface area contributed by atoms with Crippen LogP contribution in [0.3, 0.4) is 0 Å². The molecule has 0 bridgehead atoms. The number of benzene rings is 1. The molecule has 21 heavy (non-hydrogen) atoms. The van der Waals surface area contributed by atoms with Gasteiger partial charge in [0, 0.05) is 22.9 Å². The summed E-state index contributed by atoms with van der Waals surface area (Å²) in [6, 6.07) is 7.09.